The van der Waals surface area contributed by atoms with E-state index in [2.05, 4.69) is 5.32 Å². The Morgan fingerprint density at radius 3 is 2.42 bits per heavy atom. The quantitative estimate of drug-likeness (QED) is 0.723. The number of ketones is 1. The molecule has 6 nitrogen and oxygen atoms in total. The Labute approximate surface area is 157 Å². The summed E-state index contributed by atoms with van der Waals surface area (Å²) in [5.74, 6) is -2.20. The molecule has 1 aromatic carbocycles. The molecule has 0 unspecified atom stereocenters. The molecule has 0 atom stereocenters. The van der Waals surface area contributed by atoms with Crippen LogP contribution in [0.1, 0.15) is 0 Å². The van der Waals surface area contributed by atoms with Crippen LogP contribution in [-0.4, -0.2) is 51.0 Å². The maximum absolute atomic E-state index is 12.5. The summed E-state index contributed by atoms with van der Waals surface area (Å²) in [7, 11) is -3.82. The van der Waals surface area contributed by atoms with Crippen molar-refractivity contribution in [3.63, 3.8) is 0 Å². The second-order valence-electron chi connectivity index (χ2n) is 5.13. The second kappa shape index (κ2) is 8.13. The number of Topliss-reactive ketones (excluding diaryl/α,β-unsaturated/α-hetero) is 1. The molecule has 0 amide bonds. The molecule has 1 fully saturated rings. The molecule has 1 saturated heterocycles. The predicted octanol–water partition coefficient (Wildman–Crippen LogP) is 2.98. The number of halogens is 5. The molecule has 0 bridgehead atoms. The van der Waals surface area contributed by atoms with Gasteiger partial charge < -0.3 is 10.1 Å². The summed E-state index contributed by atoms with van der Waals surface area (Å²) in [6, 6.07) is 3.70. The van der Waals surface area contributed by atoms with E-state index in [1.54, 1.807) is 0 Å². The Balaban J connectivity index is 2.18. The minimum atomic E-state index is -5.09. The van der Waals surface area contributed by atoms with Crippen molar-refractivity contribution in [2.24, 2.45) is 0 Å². The fourth-order valence-electron chi connectivity index (χ4n) is 2.07. The van der Waals surface area contributed by atoms with Gasteiger partial charge in [0, 0.05) is 25.0 Å². The summed E-state index contributed by atoms with van der Waals surface area (Å²) >= 11 is 11.3. The van der Waals surface area contributed by atoms with E-state index in [1.165, 1.54) is 22.5 Å². The zero-order valence-corrected chi connectivity index (χ0v) is 15.3. The van der Waals surface area contributed by atoms with Crippen molar-refractivity contribution in [3.05, 3.63) is 34.5 Å². The molecule has 1 heterocycles. The van der Waals surface area contributed by atoms with E-state index in [9.17, 15) is 26.4 Å². The minimum Gasteiger partial charge on any atom is -0.379 e. The van der Waals surface area contributed by atoms with E-state index in [0.717, 1.165) is 0 Å². The van der Waals surface area contributed by atoms with E-state index in [0.29, 0.717) is 6.20 Å². The van der Waals surface area contributed by atoms with Crippen molar-refractivity contribution in [2.45, 2.75) is 11.1 Å². The van der Waals surface area contributed by atoms with Crippen molar-refractivity contribution < 1.29 is 31.1 Å². The zero-order valence-electron chi connectivity index (χ0n) is 13.0. The highest BCUT2D eigenvalue weighted by Gasteiger charge is 2.40. The smallest absolute Gasteiger partial charge is 0.379 e. The minimum absolute atomic E-state index is 0.131. The fraction of sp³-hybridized carbons (Fsp3) is 0.357. The lowest BCUT2D eigenvalue weighted by molar-refractivity contribution is -0.165. The van der Waals surface area contributed by atoms with Crippen LogP contribution in [0.3, 0.4) is 0 Å². The lowest BCUT2D eigenvalue weighted by Crippen LogP contribution is -2.40. The number of morpholine rings is 1. The number of ether oxygens (including phenoxy) is 1. The number of rotatable bonds is 5. The molecule has 26 heavy (non-hydrogen) atoms. The van der Waals surface area contributed by atoms with Crippen LogP contribution in [0.25, 0.3) is 0 Å². The van der Waals surface area contributed by atoms with Crippen LogP contribution in [0.5, 0.6) is 0 Å². The first-order chi connectivity index (χ1) is 12.0. The molecule has 1 aliphatic heterocycles. The summed E-state index contributed by atoms with van der Waals surface area (Å²) in [5.41, 5.74) is 0.157. The number of allylic oxidation sites excluding steroid dienone is 1. The SMILES string of the molecule is O=C(C(Cl)=CNc1ccc(S(=O)(=O)N2CCOCC2)c(Cl)c1)C(F)(F)F. The monoisotopic (exact) mass is 432 g/mol. The fourth-order valence-corrected chi connectivity index (χ4v) is 4.16. The summed E-state index contributed by atoms with van der Waals surface area (Å²) in [6.07, 6.45) is -4.44. The third-order valence-corrected chi connectivity index (χ3v) is 6.02. The summed E-state index contributed by atoms with van der Waals surface area (Å²) < 4.78 is 68.2. The molecule has 0 aromatic heterocycles. The summed E-state index contributed by atoms with van der Waals surface area (Å²) in [6.45, 7) is 0.924. The average Bonchev–Trinajstić information content (AvgIpc) is 2.58. The Morgan fingerprint density at radius 2 is 1.88 bits per heavy atom. The van der Waals surface area contributed by atoms with Crippen LogP contribution in [0.2, 0.25) is 5.02 Å². The number of anilines is 1. The number of carbonyl (C=O) groups is 1. The van der Waals surface area contributed by atoms with Gasteiger partial charge in [0.15, 0.2) is 0 Å². The molecule has 0 spiro atoms. The first kappa shape index (κ1) is 21.0. The largest absolute Gasteiger partial charge is 0.455 e. The number of benzene rings is 1. The van der Waals surface area contributed by atoms with Gasteiger partial charge in [-0.05, 0) is 18.2 Å². The number of alkyl halides is 3. The lowest BCUT2D eigenvalue weighted by Gasteiger charge is -2.26. The zero-order chi connectivity index (χ0) is 19.5. The molecular formula is C14H13Cl2F3N2O4S. The van der Waals surface area contributed by atoms with E-state index in [-0.39, 0.29) is 41.9 Å². The van der Waals surface area contributed by atoms with Crippen LogP contribution in [-0.2, 0) is 19.6 Å². The summed E-state index contributed by atoms with van der Waals surface area (Å²) in [5, 5.41) is 1.17. The Morgan fingerprint density at radius 1 is 1.27 bits per heavy atom. The van der Waals surface area contributed by atoms with E-state index in [4.69, 9.17) is 27.9 Å². The molecule has 1 N–H and O–H groups in total. The van der Waals surface area contributed by atoms with Crippen molar-refractivity contribution in [1.29, 1.82) is 0 Å². The van der Waals surface area contributed by atoms with Crippen LogP contribution in [0.15, 0.2) is 34.3 Å². The number of carbonyl (C=O) groups excluding carboxylic acids is 1. The third kappa shape index (κ3) is 4.89. The molecular weight excluding hydrogens is 420 g/mol. The number of nitrogens with one attached hydrogen (secondary N) is 1. The topological polar surface area (TPSA) is 75.7 Å². The van der Waals surface area contributed by atoms with Crippen molar-refractivity contribution in [3.8, 4) is 0 Å². The molecule has 144 valence electrons. The molecule has 1 aliphatic rings. The normalized spacial score (nSPS) is 17.2. The lowest BCUT2D eigenvalue weighted by atomic mass is 10.3. The van der Waals surface area contributed by atoms with Crippen LogP contribution in [0, 0.1) is 0 Å². The van der Waals surface area contributed by atoms with Gasteiger partial charge in [-0.1, -0.05) is 23.2 Å². The summed E-state index contributed by atoms with van der Waals surface area (Å²) in [4.78, 5) is 10.8. The Kier molecular flexibility index (Phi) is 6.56. The number of sulfonamides is 1. The van der Waals surface area contributed by atoms with Crippen LogP contribution >= 0.6 is 23.2 Å². The number of nitrogens with zero attached hydrogens (tertiary/aromatic N) is 1. The molecule has 0 saturated carbocycles. The van der Waals surface area contributed by atoms with Crippen LogP contribution in [0.4, 0.5) is 18.9 Å². The highest BCUT2D eigenvalue weighted by molar-refractivity contribution is 7.89. The third-order valence-electron chi connectivity index (χ3n) is 3.36. The predicted molar refractivity (Wildman–Crippen MR) is 89.7 cm³/mol. The van der Waals surface area contributed by atoms with Gasteiger partial charge in [0.2, 0.25) is 10.0 Å². The van der Waals surface area contributed by atoms with Gasteiger partial charge in [0.05, 0.1) is 18.2 Å². The van der Waals surface area contributed by atoms with E-state index < -0.39 is 27.0 Å². The Bertz CT molecular complexity index is 822. The number of hydrogen-bond donors (Lipinski definition) is 1. The molecule has 0 aliphatic carbocycles. The Hall–Kier alpha value is -1.33. The maximum atomic E-state index is 12.5. The van der Waals surface area contributed by atoms with Gasteiger partial charge in [-0.25, -0.2) is 8.42 Å². The van der Waals surface area contributed by atoms with Gasteiger partial charge in [-0.15, -0.1) is 0 Å². The first-order valence-electron chi connectivity index (χ1n) is 7.14. The van der Waals surface area contributed by atoms with Crippen molar-refractivity contribution >= 4 is 44.7 Å². The van der Waals surface area contributed by atoms with Crippen molar-refractivity contribution in [2.75, 3.05) is 31.6 Å². The van der Waals surface area contributed by atoms with Gasteiger partial charge in [0.25, 0.3) is 5.78 Å². The molecule has 1 aromatic rings. The van der Waals surface area contributed by atoms with Gasteiger partial charge in [-0.3, -0.25) is 4.79 Å². The molecule has 12 heteroatoms. The average molecular weight is 433 g/mol. The van der Waals surface area contributed by atoms with Crippen LogP contribution < -0.4 is 5.32 Å². The second-order valence-corrected chi connectivity index (χ2v) is 7.85. The van der Waals surface area contributed by atoms with E-state index >= 15 is 0 Å². The highest BCUT2D eigenvalue weighted by atomic mass is 35.5. The standard InChI is InChI=1S/C14H13Cl2F3N2O4S/c15-10-7-9(20-8-11(16)13(22)14(17,18)19)1-2-12(10)26(23,24)21-3-5-25-6-4-21/h1-2,7-8,20H,3-6H2. The van der Waals surface area contributed by atoms with Gasteiger partial charge in [0.1, 0.15) is 9.93 Å². The maximum Gasteiger partial charge on any atom is 0.455 e. The highest BCUT2D eigenvalue weighted by Crippen LogP contribution is 2.29. The van der Waals surface area contributed by atoms with Gasteiger partial charge >= 0.3 is 6.18 Å². The molecule has 2 rings (SSSR count). The first-order valence-corrected chi connectivity index (χ1v) is 9.34. The van der Waals surface area contributed by atoms with Crippen molar-refractivity contribution in [1.82, 2.24) is 4.31 Å². The van der Waals surface area contributed by atoms with Gasteiger partial charge in [-0.2, -0.15) is 17.5 Å². The van der Waals surface area contributed by atoms with E-state index in [1.807, 2.05) is 0 Å². The number of hydrogen-bond acceptors (Lipinski definition) is 5. The molecule has 0 radical (unpaired) electrons.